The van der Waals surface area contributed by atoms with Crippen LogP contribution >= 0.6 is 0 Å². The molecular formula is C15H28N2O. The minimum Gasteiger partial charge on any atom is -0.370 e. The third kappa shape index (κ3) is 2.21. The van der Waals surface area contributed by atoms with Gasteiger partial charge in [0, 0.05) is 25.2 Å². The number of likely N-dealkylation sites (tertiary alicyclic amines) is 1. The summed E-state index contributed by atoms with van der Waals surface area (Å²) in [4.78, 5) is 2.48. The summed E-state index contributed by atoms with van der Waals surface area (Å²) < 4.78 is 6.36. The number of rotatable bonds is 3. The first-order valence-corrected chi connectivity index (χ1v) is 7.70. The fraction of sp³-hybridized carbons (Fsp3) is 1.00. The second-order valence-corrected chi connectivity index (χ2v) is 7.23. The van der Waals surface area contributed by atoms with Gasteiger partial charge in [0.1, 0.15) is 0 Å². The van der Waals surface area contributed by atoms with Gasteiger partial charge in [-0.1, -0.05) is 26.7 Å². The highest BCUT2D eigenvalue weighted by Gasteiger charge is 2.46. The molecule has 0 aromatic carbocycles. The average molecular weight is 252 g/mol. The van der Waals surface area contributed by atoms with Gasteiger partial charge in [0.2, 0.25) is 0 Å². The maximum atomic E-state index is 6.36. The minimum atomic E-state index is 0.0592. The van der Waals surface area contributed by atoms with Crippen LogP contribution in [0.1, 0.15) is 52.4 Å². The molecule has 0 aromatic rings. The summed E-state index contributed by atoms with van der Waals surface area (Å²) in [6, 6.07) is 0. The Bertz CT molecular complexity index is 304. The van der Waals surface area contributed by atoms with Crippen LogP contribution in [-0.4, -0.2) is 41.8 Å². The van der Waals surface area contributed by atoms with Crippen molar-refractivity contribution < 1.29 is 4.74 Å². The first kappa shape index (κ1) is 12.9. The topological polar surface area (TPSA) is 38.5 Å². The molecule has 3 fully saturated rings. The van der Waals surface area contributed by atoms with Crippen LogP contribution in [0.2, 0.25) is 0 Å². The summed E-state index contributed by atoms with van der Waals surface area (Å²) in [6.45, 7) is 7.68. The maximum absolute atomic E-state index is 6.36. The van der Waals surface area contributed by atoms with Gasteiger partial charge < -0.3 is 10.5 Å². The molecule has 2 heterocycles. The lowest BCUT2D eigenvalue weighted by atomic mass is 9.80. The summed E-state index contributed by atoms with van der Waals surface area (Å²) in [5.41, 5.74) is 6.69. The summed E-state index contributed by atoms with van der Waals surface area (Å²) in [5.74, 6) is 0.583. The predicted octanol–water partition coefficient (Wildman–Crippen LogP) is 2.15. The normalized spacial score (nSPS) is 34.3. The Morgan fingerprint density at radius 2 is 1.89 bits per heavy atom. The van der Waals surface area contributed by atoms with Gasteiger partial charge in [-0.2, -0.15) is 0 Å². The van der Waals surface area contributed by atoms with Crippen molar-refractivity contribution in [3.05, 3.63) is 0 Å². The molecule has 1 atom stereocenters. The molecule has 2 saturated heterocycles. The van der Waals surface area contributed by atoms with Crippen LogP contribution < -0.4 is 5.73 Å². The standard InChI is InChI=1S/C15H28N2O/c1-12(2)15(16)10-17(11-15)9-13-5-8-14(18-13)6-3-4-7-14/h12-13H,3-11,16H2,1-2H3. The van der Waals surface area contributed by atoms with Crippen molar-refractivity contribution in [3.63, 3.8) is 0 Å². The first-order chi connectivity index (χ1) is 8.51. The molecule has 0 radical (unpaired) electrons. The van der Waals surface area contributed by atoms with Crippen molar-refractivity contribution in [2.45, 2.75) is 69.6 Å². The molecule has 0 amide bonds. The lowest BCUT2D eigenvalue weighted by Gasteiger charge is -2.51. The zero-order valence-corrected chi connectivity index (χ0v) is 12.0. The van der Waals surface area contributed by atoms with E-state index in [-0.39, 0.29) is 11.1 Å². The lowest BCUT2D eigenvalue weighted by Crippen LogP contribution is -2.70. The first-order valence-electron chi connectivity index (χ1n) is 7.70. The third-order valence-corrected chi connectivity index (χ3v) is 5.50. The van der Waals surface area contributed by atoms with Crippen LogP contribution in [0.3, 0.4) is 0 Å². The van der Waals surface area contributed by atoms with E-state index in [1.807, 2.05) is 0 Å². The van der Waals surface area contributed by atoms with Gasteiger partial charge in [-0.3, -0.25) is 4.90 Å². The molecule has 3 nitrogen and oxygen atoms in total. The van der Waals surface area contributed by atoms with Gasteiger partial charge >= 0.3 is 0 Å². The highest BCUT2D eigenvalue weighted by atomic mass is 16.5. The number of nitrogens with zero attached hydrogens (tertiary/aromatic N) is 1. The molecule has 3 rings (SSSR count). The molecule has 3 aliphatic rings. The van der Waals surface area contributed by atoms with Gasteiger partial charge in [0.15, 0.2) is 0 Å². The predicted molar refractivity (Wildman–Crippen MR) is 73.5 cm³/mol. The van der Waals surface area contributed by atoms with E-state index in [2.05, 4.69) is 18.7 Å². The molecule has 1 spiro atoms. The van der Waals surface area contributed by atoms with Crippen molar-refractivity contribution in [1.82, 2.24) is 4.90 Å². The van der Waals surface area contributed by atoms with Crippen LogP contribution in [0, 0.1) is 5.92 Å². The number of hydrogen-bond donors (Lipinski definition) is 1. The van der Waals surface area contributed by atoms with E-state index < -0.39 is 0 Å². The second-order valence-electron chi connectivity index (χ2n) is 7.23. The Balaban J connectivity index is 1.46. The molecular weight excluding hydrogens is 224 g/mol. The fourth-order valence-corrected chi connectivity index (χ4v) is 3.98. The summed E-state index contributed by atoms with van der Waals surface area (Å²) >= 11 is 0. The highest BCUT2D eigenvalue weighted by molar-refractivity contribution is 5.03. The number of ether oxygens (including phenoxy) is 1. The van der Waals surface area contributed by atoms with Gasteiger partial charge in [0.25, 0.3) is 0 Å². The SMILES string of the molecule is CC(C)C1(N)CN(CC2CCC3(CCCC3)O2)C1. The highest BCUT2D eigenvalue weighted by Crippen LogP contribution is 2.43. The van der Waals surface area contributed by atoms with E-state index in [1.165, 1.54) is 38.5 Å². The molecule has 1 aliphatic carbocycles. The van der Waals surface area contributed by atoms with Crippen LogP contribution in [0.4, 0.5) is 0 Å². The van der Waals surface area contributed by atoms with E-state index in [0.717, 1.165) is 19.6 Å². The minimum absolute atomic E-state index is 0.0592. The molecule has 0 bridgehead atoms. The van der Waals surface area contributed by atoms with E-state index in [0.29, 0.717) is 12.0 Å². The van der Waals surface area contributed by atoms with Crippen LogP contribution in [0.15, 0.2) is 0 Å². The van der Waals surface area contributed by atoms with Gasteiger partial charge in [0.05, 0.1) is 11.7 Å². The maximum Gasteiger partial charge on any atom is 0.0710 e. The molecule has 3 heteroatoms. The smallest absolute Gasteiger partial charge is 0.0710 e. The van der Waals surface area contributed by atoms with Crippen LogP contribution in [-0.2, 0) is 4.74 Å². The van der Waals surface area contributed by atoms with Crippen LogP contribution in [0.5, 0.6) is 0 Å². The van der Waals surface area contributed by atoms with E-state index in [9.17, 15) is 0 Å². The molecule has 1 saturated carbocycles. The monoisotopic (exact) mass is 252 g/mol. The largest absolute Gasteiger partial charge is 0.370 e. The van der Waals surface area contributed by atoms with Crippen molar-refractivity contribution in [2.75, 3.05) is 19.6 Å². The Hall–Kier alpha value is -0.120. The summed E-state index contributed by atoms with van der Waals surface area (Å²) in [6.07, 6.45) is 8.37. The van der Waals surface area contributed by atoms with Gasteiger partial charge in [-0.15, -0.1) is 0 Å². The summed E-state index contributed by atoms with van der Waals surface area (Å²) in [7, 11) is 0. The van der Waals surface area contributed by atoms with Gasteiger partial charge in [-0.25, -0.2) is 0 Å². The Labute approximate surface area is 111 Å². The summed E-state index contributed by atoms with van der Waals surface area (Å²) in [5, 5.41) is 0. The Kier molecular flexibility index (Phi) is 3.20. The fourth-order valence-electron chi connectivity index (χ4n) is 3.98. The zero-order valence-electron chi connectivity index (χ0n) is 12.0. The number of hydrogen-bond acceptors (Lipinski definition) is 3. The molecule has 1 unspecified atom stereocenters. The molecule has 2 aliphatic heterocycles. The molecule has 18 heavy (non-hydrogen) atoms. The van der Waals surface area contributed by atoms with E-state index >= 15 is 0 Å². The van der Waals surface area contributed by atoms with Crippen molar-refractivity contribution in [1.29, 1.82) is 0 Å². The molecule has 2 N–H and O–H groups in total. The van der Waals surface area contributed by atoms with Gasteiger partial charge in [-0.05, 0) is 31.6 Å². The zero-order chi connectivity index (χ0) is 12.8. The second kappa shape index (κ2) is 4.46. The van der Waals surface area contributed by atoms with Crippen molar-refractivity contribution in [3.8, 4) is 0 Å². The molecule has 104 valence electrons. The number of nitrogens with two attached hydrogens (primary N) is 1. The Morgan fingerprint density at radius 1 is 1.22 bits per heavy atom. The lowest BCUT2D eigenvalue weighted by molar-refractivity contribution is -0.0671. The van der Waals surface area contributed by atoms with E-state index in [1.54, 1.807) is 0 Å². The average Bonchev–Trinajstić information content (AvgIpc) is 2.87. The van der Waals surface area contributed by atoms with Crippen molar-refractivity contribution >= 4 is 0 Å². The Morgan fingerprint density at radius 3 is 2.50 bits per heavy atom. The van der Waals surface area contributed by atoms with Crippen LogP contribution in [0.25, 0.3) is 0 Å². The van der Waals surface area contributed by atoms with Crippen molar-refractivity contribution in [2.24, 2.45) is 11.7 Å². The van der Waals surface area contributed by atoms with E-state index in [4.69, 9.17) is 10.5 Å². The quantitative estimate of drug-likeness (QED) is 0.836. The molecule has 0 aromatic heterocycles. The third-order valence-electron chi connectivity index (χ3n) is 5.50.